The summed E-state index contributed by atoms with van der Waals surface area (Å²) < 4.78 is 0. The molecule has 0 aliphatic rings. The number of fused-ring (bicyclic) bond motifs is 6. The van der Waals surface area contributed by atoms with Crippen molar-refractivity contribution >= 4 is 61.0 Å². The van der Waals surface area contributed by atoms with Crippen LogP contribution in [0.5, 0.6) is 0 Å². The molecule has 0 amide bonds. The summed E-state index contributed by atoms with van der Waals surface area (Å²) in [6.45, 7) is 2.14. The molecule has 1 nitrogen and oxygen atoms in total. The summed E-state index contributed by atoms with van der Waals surface area (Å²) in [4.78, 5) is 2.37. The van der Waals surface area contributed by atoms with Crippen molar-refractivity contribution in [1.29, 1.82) is 0 Å². The fourth-order valence-corrected chi connectivity index (χ4v) is 6.63. The van der Waals surface area contributed by atoms with E-state index in [1.807, 2.05) is 0 Å². The molecule has 0 aliphatic heterocycles. The summed E-state index contributed by atoms with van der Waals surface area (Å²) in [5.41, 5.74) is 9.40. The van der Waals surface area contributed by atoms with E-state index in [0.29, 0.717) is 0 Å². The topological polar surface area (TPSA) is 3.24 Å². The molecule has 0 atom stereocenters. The molecule has 1 heteroatoms. The van der Waals surface area contributed by atoms with Crippen LogP contribution in [0.15, 0.2) is 176 Å². The number of anilines is 3. The van der Waals surface area contributed by atoms with Gasteiger partial charge in [-0.2, -0.15) is 0 Å². The van der Waals surface area contributed by atoms with Gasteiger partial charge < -0.3 is 4.90 Å². The Balaban J connectivity index is 1.27. The lowest BCUT2D eigenvalue weighted by molar-refractivity contribution is 1.28. The normalized spacial score (nSPS) is 11.2. The average molecular weight is 588 g/mol. The third-order valence-electron chi connectivity index (χ3n) is 8.91. The Morgan fingerprint density at radius 3 is 1.33 bits per heavy atom. The molecule has 218 valence electrons. The van der Waals surface area contributed by atoms with Crippen molar-refractivity contribution in [3.8, 4) is 0 Å². The highest BCUT2D eigenvalue weighted by Gasteiger charge is 2.16. The van der Waals surface area contributed by atoms with E-state index in [0.717, 1.165) is 22.6 Å². The average Bonchev–Trinajstić information content (AvgIpc) is 3.13. The lowest BCUT2D eigenvalue weighted by atomic mass is 9.94. The zero-order valence-corrected chi connectivity index (χ0v) is 25.8. The van der Waals surface area contributed by atoms with E-state index in [4.69, 9.17) is 0 Å². The first-order valence-electron chi connectivity index (χ1n) is 15.9. The van der Waals surface area contributed by atoms with E-state index < -0.39 is 0 Å². The van der Waals surface area contributed by atoms with Crippen molar-refractivity contribution in [2.45, 2.75) is 6.92 Å². The highest BCUT2D eigenvalue weighted by Crippen LogP contribution is 2.41. The van der Waals surface area contributed by atoms with Gasteiger partial charge in [0, 0.05) is 17.1 Å². The highest BCUT2D eigenvalue weighted by molar-refractivity contribution is 6.25. The molecule has 0 aliphatic carbocycles. The molecule has 0 saturated carbocycles. The summed E-state index contributed by atoms with van der Waals surface area (Å²) in [5, 5.41) is 7.68. The largest absolute Gasteiger partial charge is 0.310 e. The zero-order valence-electron chi connectivity index (χ0n) is 25.8. The fourth-order valence-electron chi connectivity index (χ4n) is 6.63. The minimum atomic E-state index is 1.12. The van der Waals surface area contributed by atoms with Crippen LogP contribution in [0.1, 0.15) is 22.3 Å². The standard InChI is InChI=1S/C45H33N/c1-32-20-24-36(25-21-32)46(38-28-29-43-41-18-9-8-16-39(41)40-17-10-11-19-42(40)45(43)31-38)37-26-22-33(23-27-37)30-44(34-12-4-2-5-13-34)35-14-6-3-7-15-35/h2-31H,1H3. The van der Waals surface area contributed by atoms with Crippen molar-refractivity contribution in [3.63, 3.8) is 0 Å². The van der Waals surface area contributed by atoms with Crippen LogP contribution in [-0.2, 0) is 0 Å². The Hall–Kier alpha value is -5.92. The summed E-state index contributed by atoms with van der Waals surface area (Å²) in [6.07, 6.45) is 2.29. The molecule has 8 aromatic rings. The number of aryl methyl sites for hydroxylation is 1. The minimum Gasteiger partial charge on any atom is -0.310 e. The molecule has 0 spiro atoms. The molecule has 0 unspecified atom stereocenters. The first-order chi connectivity index (χ1) is 22.7. The maximum Gasteiger partial charge on any atom is 0.0468 e. The Morgan fingerprint density at radius 2 is 0.804 bits per heavy atom. The van der Waals surface area contributed by atoms with Gasteiger partial charge in [-0.3, -0.25) is 0 Å². The van der Waals surface area contributed by atoms with Gasteiger partial charge in [0.05, 0.1) is 0 Å². The predicted octanol–water partition coefficient (Wildman–Crippen LogP) is 12.5. The third kappa shape index (κ3) is 5.12. The van der Waals surface area contributed by atoms with E-state index in [1.165, 1.54) is 54.6 Å². The SMILES string of the molecule is Cc1ccc(N(c2ccc(C=C(c3ccccc3)c3ccccc3)cc2)c2ccc3c4ccccc4c4ccccc4c3c2)cc1. The van der Waals surface area contributed by atoms with Crippen LogP contribution in [0.2, 0.25) is 0 Å². The van der Waals surface area contributed by atoms with Gasteiger partial charge in [0.25, 0.3) is 0 Å². The van der Waals surface area contributed by atoms with E-state index in [2.05, 4.69) is 194 Å². The zero-order chi connectivity index (χ0) is 30.9. The maximum absolute atomic E-state index is 2.37. The molecule has 46 heavy (non-hydrogen) atoms. The van der Waals surface area contributed by atoms with Gasteiger partial charge in [-0.15, -0.1) is 0 Å². The molecular formula is C45H33N. The summed E-state index contributed by atoms with van der Waals surface area (Å²) in [7, 11) is 0. The molecule has 0 bridgehead atoms. The Kier molecular flexibility index (Phi) is 7.13. The smallest absolute Gasteiger partial charge is 0.0468 e. The van der Waals surface area contributed by atoms with Gasteiger partial charge in [-0.05, 0) is 104 Å². The molecule has 0 aromatic heterocycles. The van der Waals surface area contributed by atoms with Crippen LogP contribution in [0, 0.1) is 6.92 Å². The van der Waals surface area contributed by atoms with Crippen molar-refractivity contribution in [2.75, 3.05) is 4.90 Å². The third-order valence-corrected chi connectivity index (χ3v) is 8.91. The monoisotopic (exact) mass is 587 g/mol. The van der Waals surface area contributed by atoms with E-state index in [1.54, 1.807) is 0 Å². The number of hydrogen-bond acceptors (Lipinski definition) is 1. The predicted molar refractivity (Wildman–Crippen MR) is 198 cm³/mol. The van der Waals surface area contributed by atoms with Crippen LogP contribution in [0.25, 0.3) is 44.0 Å². The Labute approximate surface area is 270 Å². The van der Waals surface area contributed by atoms with Crippen molar-refractivity contribution in [1.82, 2.24) is 0 Å². The molecule has 0 N–H and O–H groups in total. The molecule has 0 radical (unpaired) electrons. The fraction of sp³-hybridized carbons (Fsp3) is 0.0222. The molecular weight excluding hydrogens is 555 g/mol. The summed E-state index contributed by atoms with van der Waals surface area (Å²) in [6, 6.07) is 63.5. The lowest BCUT2D eigenvalue weighted by Crippen LogP contribution is -2.10. The Bertz CT molecular complexity index is 2260. The van der Waals surface area contributed by atoms with Gasteiger partial charge in [0.2, 0.25) is 0 Å². The first-order valence-corrected chi connectivity index (χ1v) is 15.9. The van der Waals surface area contributed by atoms with Gasteiger partial charge >= 0.3 is 0 Å². The number of nitrogens with zero attached hydrogens (tertiary/aromatic N) is 1. The van der Waals surface area contributed by atoms with E-state index in [9.17, 15) is 0 Å². The van der Waals surface area contributed by atoms with E-state index >= 15 is 0 Å². The summed E-state index contributed by atoms with van der Waals surface area (Å²) >= 11 is 0. The second-order valence-corrected chi connectivity index (χ2v) is 11.9. The van der Waals surface area contributed by atoms with E-state index in [-0.39, 0.29) is 0 Å². The van der Waals surface area contributed by atoms with Crippen LogP contribution < -0.4 is 4.90 Å². The number of benzene rings is 8. The maximum atomic E-state index is 2.37. The second kappa shape index (κ2) is 11.9. The number of hydrogen-bond donors (Lipinski definition) is 0. The van der Waals surface area contributed by atoms with Gasteiger partial charge in [-0.25, -0.2) is 0 Å². The van der Waals surface area contributed by atoms with Crippen LogP contribution in [0.4, 0.5) is 17.1 Å². The minimum absolute atomic E-state index is 1.12. The number of rotatable bonds is 6. The lowest BCUT2D eigenvalue weighted by Gasteiger charge is -2.26. The highest BCUT2D eigenvalue weighted by atomic mass is 15.1. The van der Waals surface area contributed by atoms with Gasteiger partial charge in [0.1, 0.15) is 0 Å². The quantitative estimate of drug-likeness (QED) is 0.138. The Morgan fingerprint density at radius 1 is 0.391 bits per heavy atom. The van der Waals surface area contributed by atoms with Crippen LogP contribution >= 0.6 is 0 Å². The molecule has 8 aromatic carbocycles. The molecule has 0 heterocycles. The van der Waals surface area contributed by atoms with Crippen LogP contribution in [-0.4, -0.2) is 0 Å². The molecule has 0 saturated heterocycles. The molecule has 8 rings (SSSR count). The second-order valence-electron chi connectivity index (χ2n) is 11.9. The van der Waals surface area contributed by atoms with Crippen molar-refractivity contribution in [3.05, 3.63) is 198 Å². The molecule has 0 fully saturated rings. The summed E-state index contributed by atoms with van der Waals surface area (Å²) in [5.74, 6) is 0. The van der Waals surface area contributed by atoms with Crippen molar-refractivity contribution < 1.29 is 0 Å². The van der Waals surface area contributed by atoms with Gasteiger partial charge in [0.15, 0.2) is 0 Å². The van der Waals surface area contributed by atoms with Crippen LogP contribution in [0.3, 0.4) is 0 Å². The first kappa shape index (κ1) is 27.6. The van der Waals surface area contributed by atoms with Crippen molar-refractivity contribution in [2.24, 2.45) is 0 Å². The van der Waals surface area contributed by atoms with Gasteiger partial charge in [-0.1, -0.05) is 145 Å².